The lowest BCUT2D eigenvalue weighted by molar-refractivity contribution is -0.139. The number of hydrogen-bond donors (Lipinski definition) is 2. The van der Waals surface area contributed by atoms with Crippen molar-refractivity contribution in [1.82, 2.24) is 15.1 Å². The standard InChI is InChI=1S/C16H29N3O2/c20-10-5-15-12-19(9-8-18(15)11-13-1-2-13)16(21)14-3-6-17-7-4-14/h13-15,17,20H,1-12H2/t15-/m1/s1. The first-order valence-corrected chi connectivity index (χ1v) is 8.62. The number of piperidine rings is 1. The fourth-order valence-corrected chi connectivity index (χ4v) is 3.72. The third kappa shape index (κ3) is 3.96. The van der Waals surface area contributed by atoms with Crippen LogP contribution in [-0.2, 0) is 4.79 Å². The highest BCUT2D eigenvalue weighted by Gasteiger charge is 2.35. The molecule has 0 aromatic carbocycles. The van der Waals surface area contributed by atoms with Crippen LogP contribution in [0.1, 0.15) is 32.1 Å². The first kappa shape index (κ1) is 15.3. The van der Waals surface area contributed by atoms with Gasteiger partial charge in [-0.3, -0.25) is 9.69 Å². The lowest BCUT2D eigenvalue weighted by atomic mass is 9.95. The maximum absolute atomic E-state index is 12.7. The number of aliphatic hydroxyl groups is 1. The van der Waals surface area contributed by atoms with E-state index in [4.69, 9.17) is 0 Å². The first-order valence-electron chi connectivity index (χ1n) is 8.62. The molecule has 2 saturated heterocycles. The molecule has 2 N–H and O–H groups in total. The average Bonchev–Trinajstić information content (AvgIpc) is 3.33. The Kier molecular flexibility index (Phi) is 5.14. The van der Waals surface area contributed by atoms with Crippen LogP contribution in [0.25, 0.3) is 0 Å². The van der Waals surface area contributed by atoms with Crippen LogP contribution in [0.5, 0.6) is 0 Å². The predicted molar refractivity (Wildman–Crippen MR) is 82.0 cm³/mol. The largest absolute Gasteiger partial charge is 0.396 e. The summed E-state index contributed by atoms with van der Waals surface area (Å²) in [5.41, 5.74) is 0. The summed E-state index contributed by atoms with van der Waals surface area (Å²) in [6.07, 6.45) is 5.47. The Bertz CT molecular complexity index is 353. The Morgan fingerprint density at radius 2 is 1.90 bits per heavy atom. The van der Waals surface area contributed by atoms with E-state index >= 15 is 0 Å². The highest BCUT2D eigenvalue weighted by atomic mass is 16.3. The Hall–Kier alpha value is -0.650. The van der Waals surface area contributed by atoms with Gasteiger partial charge in [0.2, 0.25) is 5.91 Å². The zero-order chi connectivity index (χ0) is 14.7. The molecule has 0 aromatic heterocycles. The Morgan fingerprint density at radius 3 is 2.57 bits per heavy atom. The van der Waals surface area contributed by atoms with Crippen LogP contribution in [0.3, 0.4) is 0 Å². The minimum Gasteiger partial charge on any atom is -0.396 e. The first-order chi connectivity index (χ1) is 10.3. The fourth-order valence-electron chi connectivity index (χ4n) is 3.72. The third-order valence-corrected chi connectivity index (χ3v) is 5.26. The smallest absolute Gasteiger partial charge is 0.225 e. The zero-order valence-corrected chi connectivity index (χ0v) is 13.0. The van der Waals surface area contributed by atoms with Gasteiger partial charge >= 0.3 is 0 Å². The molecule has 3 aliphatic rings. The molecule has 3 fully saturated rings. The van der Waals surface area contributed by atoms with Crippen LogP contribution in [0.2, 0.25) is 0 Å². The summed E-state index contributed by atoms with van der Waals surface area (Å²) in [7, 11) is 0. The van der Waals surface area contributed by atoms with E-state index in [0.717, 1.165) is 57.9 Å². The van der Waals surface area contributed by atoms with Crippen molar-refractivity contribution >= 4 is 5.91 Å². The van der Waals surface area contributed by atoms with Gasteiger partial charge in [0.25, 0.3) is 0 Å². The molecule has 5 nitrogen and oxygen atoms in total. The van der Waals surface area contributed by atoms with E-state index in [9.17, 15) is 9.90 Å². The molecule has 1 amide bonds. The van der Waals surface area contributed by atoms with E-state index in [0.29, 0.717) is 11.9 Å². The number of aliphatic hydroxyl groups excluding tert-OH is 1. The van der Waals surface area contributed by atoms with Gasteiger partial charge in [0.1, 0.15) is 0 Å². The Balaban J connectivity index is 1.55. The van der Waals surface area contributed by atoms with Crippen molar-refractivity contribution in [2.75, 3.05) is 45.9 Å². The van der Waals surface area contributed by atoms with E-state index < -0.39 is 0 Å². The highest BCUT2D eigenvalue weighted by Crippen LogP contribution is 2.31. The van der Waals surface area contributed by atoms with Crippen molar-refractivity contribution in [3.63, 3.8) is 0 Å². The van der Waals surface area contributed by atoms with Crippen molar-refractivity contribution in [3.8, 4) is 0 Å². The number of hydrogen-bond acceptors (Lipinski definition) is 4. The quantitative estimate of drug-likeness (QED) is 0.765. The fraction of sp³-hybridized carbons (Fsp3) is 0.938. The van der Waals surface area contributed by atoms with E-state index in [2.05, 4.69) is 15.1 Å². The van der Waals surface area contributed by atoms with Gasteiger partial charge in [-0.15, -0.1) is 0 Å². The molecule has 120 valence electrons. The van der Waals surface area contributed by atoms with Crippen LogP contribution >= 0.6 is 0 Å². The molecule has 2 aliphatic heterocycles. The summed E-state index contributed by atoms with van der Waals surface area (Å²) < 4.78 is 0. The molecule has 2 heterocycles. The van der Waals surface area contributed by atoms with Gasteiger partial charge in [-0.2, -0.15) is 0 Å². The number of nitrogens with one attached hydrogen (secondary N) is 1. The Labute approximate surface area is 127 Å². The van der Waals surface area contributed by atoms with Gasteiger partial charge in [-0.1, -0.05) is 0 Å². The van der Waals surface area contributed by atoms with Crippen LogP contribution in [0.4, 0.5) is 0 Å². The lowest BCUT2D eigenvalue weighted by Crippen LogP contribution is -2.56. The molecule has 0 unspecified atom stereocenters. The van der Waals surface area contributed by atoms with Crippen LogP contribution in [0.15, 0.2) is 0 Å². The molecule has 0 radical (unpaired) electrons. The van der Waals surface area contributed by atoms with Crippen molar-refractivity contribution < 1.29 is 9.90 Å². The number of carbonyl (C=O) groups excluding carboxylic acids is 1. The van der Waals surface area contributed by atoms with E-state index in [1.54, 1.807) is 0 Å². The molecule has 0 aromatic rings. The summed E-state index contributed by atoms with van der Waals surface area (Å²) in [5.74, 6) is 1.44. The molecule has 1 atom stereocenters. The van der Waals surface area contributed by atoms with Crippen molar-refractivity contribution in [2.24, 2.45) is 11.8 Å². The summed E-state index contributed by atoms with van der Waals surface area (Å²) in [6.45, 7) is 6.00. The summed E-state index contributed by atoms with van der Waals surface area (Å²) in [5, 5.41) is 12.6. The van der Waals surface area contributed by atoms with E-state index in [1.165, 1.54) is 19.4 Å². The van der Waals surface area contributed by atoms with E-state index in [-0.39, 0.29) is 12.5 Å². The molecular formula is C16H29N3O2. The molecule has 5 heteroatoms. The number of amides is 1. The van der Waals surface area contributed by atoms with Crippen LogP contribution < -0.4 is 5.32 Å². The zero-order valence-electron chi connectivity index (χ0n) is 13.0. The molecule has 0 spiro atoms. The van der Waals surface area contributed by atoms with Crippen molar-refractivity contribution in [3.05, 3.63) is 0 Å². The highest BCUT2D eigenvalue weighted by molar-refractivity contribution is 5.79. The second kappa shape index (κ2) is 7.07. The maximum Gasteiger partial charge on any atom is 0.225 e. The predicted octanol–water partition coefficient (Wildman–Crippen LogP) is 0.291. The van der Waals surface area contributed by atoms with Gasteiger partial charge in [0, 0.05) is 44.7 Å². The van der Waals surface area contributed by atoms with E-state index in [1.807, 2.05) is 0 Å². The Morgan fingerprint density at radius 1 is 1.14 bits per heavy atom. The number of rotatable bonds is 5. The van der Waals surface area contributed by atoms with Crippen molar-refractivity contribution in [1.29, 1.82) is 0 Å². The van der Waals surface area contributed by atoms with Gasteiger partial charge in [0.15, 0.2) is 0 Å². The van der Waals surface area contributed by atoms with Gasteiger partial charge in [-0.25, -0.2) is 0 Å². The minimum absolute atomic E-state index is 0.219. The monoisotopic (exact) mass is 295 g/mol. The second-order valence-electron chi connectivity index (χ2n) is 6.91. The van der Waals surface area contributed by atoms with Gasteiger partial charge in [-0.05, 0) is 51.1 Å². The van der Waals surface area contributed by atoms with Gasteiger partial charge in [0.05, 0.1) is 0 Å². The normalized spacial score (nSPS) is 28.8. The van der Waals surface area contributed by atoms with Crippen LogP contribution in [0, 0.1) is 11.8 Å². The molecule has 1 aliphatic carbocycles. The van der Waals surface area contributed by atoms with Crippen molar-refractivity contribution in [2.45, 2.75) is 38.1 Å². The molecule has 1 saturated carbocycles. The minimum atomic E-state index is 0.219. The SMILES string of the molecule is O=C(C1CCNCC1)N1CCN(CC2CC2)[C@H](CCO)C1. The summed E-state index contributed by atoms with van der Waals surface area (Å²) in [4.78, 5) is 17.2. The third-order valence-electron chi connectivity index (χ3n) is 5.26. The number of piperazine rings is 1. The molecular weight excluding hydrogens is 266 g/mol. The molecule has 21 heavy (non-hydrogen) atoms. The molecule has 0 bridgehead atoms. The number of carbonyl (C=O) groups is 1. The lowest BCUT2D eigenvalue weighted by Gasteiger charge is -2.43. The maximum atomic E-state index is 12.7. The topological polar surface area (TPSA) is 55.8 Å². The molecule has 3 rings (SSSR count). The van der Waals surface area contributed by atoms with Crippen LogP contribution in [-0.4, -0.2) is 72.7 Å². The van der Waals surface area contributed by atoms with Gasteiger partial charge < -0.3 is 15.3 Å². The average molecular weight is 295 g/mol. The second-order valence-corrected chi connectivity index (χ2v) is 6.91. The summed E-state index contributed by atoms with van der Waals surface area (Å²) >= 11 is 0. The summed E-state index contributed by atoms with van der Waals surface area (Å²) in [6, 6.07) is 0.356. The number of nitrogens with zero attached hydrogens (tertiary/aromatic N) is 2.